The van der Waals surface area contributed by atoms with Gasteiger partial charge in [-0.05, 0) is 26.0 Å². The van der Waals surface area contributed by atoms with Crippen molar-refractivity contribution in [3.8, 4) is 5.75 Å². The van der Waals surface area contributed by atoms with Crippen molar-refractivity contribution in [3.05, 3.63) is 53.6 Å². The number of aromatic nitrogens is 3. The predicted molar refractivity (Wildman–Crippen MR) is 97.7 cm³/mol. The zero-order chi connectivity index (χ0) is 21.3. The van der Waals surface area contributed by atoms with E-state index in [0.29, 0.717) is 0 Å². The summed E-state index contributed by atoms with van der Waals surface area (Å²) in [5.74, 6) is -3.81. The smallest absolute Gasteiger partial charge is 0.288 e. The van der Waals surface area contributed by atoms with E-state index in [0.717, 1.165) is 19.2 Å². The molecule has 0 aliphatic carbocycles. The van der Waals surface area contributed by atoms with Crippen molar-refractivity contribution >= 4 is 17.4 Å². The van der Waals surface area contributed by atoms with Gasteiger partial charge in [-0.15, -0.1) is 0 Å². The van der Waals surface area contributed by atoms with Gasteiger partial charge in [-0.1, -0.05) is 6.07 Å². The van der Waals surface area contributed by atoms with Crippen LogP contribution in [0.5, 0.6) is 5.75 Å². The molecule has 3 rings (SSSR count). The van der Waals surface area contributed by atoms with Gasteiger partial charge < -0.3 is 14.5 Å². The van der Waals surface area contributed by atoms with Gasteiger partial charge in [0, 0.05) is 25.4 Å². The lowest BCUT2D eigenvalue weighted by Gasteiger charge is -2.14. The molecule has 0 unspecified atom stereocenters. The zero-order valence-electron chi connectivity index (χ0n) is 15.8. The van der Waals surface area contributed by atoms with E-state index in [2.05, 4.69) is 15.3 Å². The third kappa shape index (κ3) is 4.64. The molecule has 29 heavy (non-hydrogen) atoms. The second-order valence-electron chi connectivity index (χ2n) is 6.70. The van der Waals surface area contributed by atoms with E-state index in [1.807, 2.05) is 0 Å². The van der Waals surface area contributed by atoms with Gasteiger partial charge in [0.25, 0.3) is 18.3 Å². The van der Waals surface area contributed by atoms with Gasteiger partial charge in [-0.3, -0.25) is 4.79 Å². The maximum atomic E-state index is 13.6. The van der Waals surface area contributed by atoms with Crippen molar-refractivity contribution < 1.29 is 27.1 Å². The van der Waals surface area contributed by atoms with E-state index >= 15 is 0 Å². The average Bonchev–Trinajstić information content (AvgIpc) is 3.04. The van der Waals surface area contributed by atoms with Crippen LogP contribution in [0.3, 0.4) is 0 Å². The van der Waals surface area contributed by atoms with Gasteiger partial charge in [0.15, 0.2) is 0 Å². The third-order valence-corrected chi connectivity index (χ3v) is 3.85. The highest BCUT2D eigenvalue weighted by Crippen LogP contribution is 2.29. The fourth-order valence-electron chi connectivity index (χ4n) is 2.58. The first-order chi connectivity index (χ1) is 13.5. The van der Waals surface area contributed by atoms with Crippen LogP contribution in [0.2, 0.25) is 0 Å². The highest BCUT2D eigenvalue weighted by molar-refractivity contribution is 6.05. The van der Waals surface area contributed by atoms with Crippen molar-refractivity contribution in [3.63, 3.8) is 0 Å². The number of anilines is 1. The number of carbonyl (C=O) groups excluding carboxylic acids is 1. The number of halogens is 4. The molecule has 3 heterocycles. The number of fused-ring (bicyclic) bond motifs is 1. The van der Waals surface area contributed by atoms with Crippen LogP contribution >= 0.6 is 0 Å². The molecular weight excluding hydrogens is 392 g/mol. The van der Waals surface area contributed by atoms with Crippen LogP contribution in [0.25, 0.3) is 5.65 Å². The average molecular weight is 410 g/mol. The summed E-state index contributed by atoms with van der Waals surface area (Å²) in [7, 11) is 0. The number of imidazole rings is 1. The highest BCUT2D eigenvalue weighted by Gasteiger charge is 2.28. The van der Waals surface area contributed by atoms with Crippen LogP contribution < -0.4 is 10.1 Å². The summed E-state index contributed by atoms with van der Waals surface area (Å²) in [6.45, 7) is 4.18. The Labute approximate surface area is 163 Å². The maximum Gasteiger partial charge on any atom is 0.288 e. The van der Waals surface area contributed by atoms with Crippen molar-refractivity contribution in [2.24, 2.45) is 0 Å². The minimum Gasteiger partial charge on any atom is -0.490 e. The van der Waals surface area contributed by atoms with E-state index in [4.69, 9.17) is 4.74 Å². The van der Waals surface area contributed by atoms with Crippen molar-refractivity contribution in [1.29, 1.82) is 0 Å². The molecule has 0 spiro atoms. The first-order valence-electron chi connectivity index (χ1n) is 8.68. The van der Waals surface area contributed by atoms with Gasteiger partial charge in [0.1, 0.15) is 28.6 Å². The molecular formula is C19H18F4N4O2. The normalized spacial score (nSPS) is 12.0. The zero-order valence-corrected chi connectivity index (χ0v) is 15.8. The molecule has 0 fully saturated rings. The molecule has 1 amide bonds. The Hall–Kier alpha value is -3.17. The van der Waals surface area contributed by atoms with Gasteiger partial charge in [-0.2, -0.15) is 8.78 Å². The Kier molecular flexibility index (Phi) is 5.45. The summed E-state index contributed by atoms with van der Waals surface area (Å²) in [4.78, 5) is 20.3. The quantitative estimate of drug-likeness (QED) is 0.592. The number of carbonyl (C=O) groups is 1. The van der Waals surface area contributed by atoms with Crippen LogP contribution in [0.15, 0.2) is 36.7 Å². The Bertz CT molecular complexity index is 1040. The van der Waals surface area contributed by atoms with Gasteiger partial charge in [0.05, 0.1) is 11.7 Å². The molecule has 0 aliphatic rings. The van der Waals surface area contributed by atoms with E-state index in [1.165, 1.54) is 28.8 Å². The molecule has 3 aromatic rings. The molecule has 10 heteroatoms. The Morgan fingerprint density at radius 1 is 1.21 bits per heavy atom. The number of hydrogen-bond acceptors (Lipinski definition) is 4. The molecule has 0 atom stereocenters. The third-order valence-electron chi connectivity index (χ3n) is 3.85. The monoisotopic (exact) mass is 410 g/mol. The highest BCUT2D eigenvalue weighted by atomic mass is 19.3. The molecule has 1 N–H and O–H groups in total. The molecule has 3 aromatic heterocycles. The standard InChI is InChI=1S/C19H18F4N4O2/c1-10(2)29-13-7-16-25-14(19(3,22)23)9-27(16)8-11(13)18(28)26-15-6-4-5-12(24-15)17(20)21/h4-10,17H,1-3H3,(H,24,26,28). The lowest BCUT2D eigenvalue weighted by atomic mass is 10.2. The fraction of sp³-hybridized carbons (Fsp3) is 0.316. The topological polar surface area (TPSA) is 68.5 Å². The molecule has 0 bridgehead atoms. The second kappa shape index (κ2) is 7.69. The largest absolute Gasteiger partial charge is 0.490 e. The van der Waals surface area contributed by atoms with Gasteiger partial charge in [0.2, 0.25) is 0 Å². The van der Waals surface area contributed by atoms with Crippen molar-refractivity contribution in [2.75, 3.05) is 5.32 Å². The Morgan fingerprint density at radius 3 is 2.55 bits per heavy atom. The minimum atomic E-state index is -3.16. The van der Waals surface area contributed by atoms with Gasteiger partial charge in [-0.25, -0.2) is 18.7 Å². The molecule has 0 aliphatic heterocycles. The Morgan fingerprint density at radius 2 is 1.93 bits per heavy atom. The van der Waals surface area contributed by atoms with Crippen LogP contribution in [0.1, 0.15) is 48.9 Å². The molecule has 0 aromatic carbocycles. The van der Waals surface area contributed by atoms with Gasteiger partial charge >= 0.3 is 0 Å². The summed E-state index contributed by atoms with van der Waals surface area (Å²) in [6.07, 6.45) is -0.697. The number of amides is 1. The number of pyridine rings is 2. The molecule has 154 valence electrons. The minimum absolute atomic E-state index is 0.0128. The summed E-state index contributed by atoms with van der Waals surface area (Å²) < 4.78 is 59.7. The number of ether oxygens (including phenoxy) is 1. The molecule has 0 saturated carbocycles. The first-order valence-corrected chi connectivity index (χ1v) is 8.68. The van der Waals surface area contributed by atoms with Crippen LogP contribution in [0, 0.1) is 0 Å². The Balaban J connectivity index is 2.01. The second-order valence-corrected chi connectivity index (χ2v) is 6.70. The predicted octanol–water partition coefficient (Wildman–Crippen LogP) is 4.82. The summed E-state index contributed by atoms with van der Waals surface area (Å²) >= 11 is 0. The SMILES string of the molecule is CC(C)Oc1cc2nc(C(C)(F)F)cn2cc1C(=O)Nc1cccc(C(F)F)n1. The summed E-state index contributed by atoms with van der Waals surface area (Å²) in [5, 5.41) is 2.42. The van der Waals surface area contributed by atoms with E-state index < -0.39 is 29.6 Å². The summed E-state index contributed by atoms with van der Waals surface area (Å²) in [5.41, 5.74) is -0.761. The van der Waals surface area contributed by atoms with Crippen LogP contribution in [-0.4, -0.2) is 26.4 Å². The van der Waals surface area contributed by atoms with E-state index in [1.54, 1.807) is 13.8 Å². The van der Waals surface area contributed by atoms with Crippen LogP contribution in [0.4, 0.5) is 23.4 Å². The molecule has 0 radical (unpaired) electrons. The number of nitrogens with one attached hydrogen (secondary N) is 1. The fourth-order valence-corrected chi connectivity index (χ4v) is 2.58. The number of alkyl halides is 4. The maximum absolute atomic E-state index is 13.6. The molecule has 6 nitrogen and oxygen atoms in total. The number of rotatable bonds is 6. The number of hydrogen-bond donors (Lipinski definition) is 1. The number of nitrogens with zero attached hydrogens (tertiary/aromatic N) is 3. The lowest BCUT2D eigenvalue weighted by molar-refractivity contribution is 0.0133. The molecule has 0 saturated heterocycles. The van der Waals surface area contributed by atoms with Crippen LogP contribution in [-0.2, 0) is 5.92 Å². The van der Waals surface area contributed by atoms with Crippen molar-refractivity contribution in [2.45, 2.75) is 39.2 Å². The van der Waals surface area contributed by atoms with Crippen molar-refractivity contribution in [1.82, 2.24) is 14.4 Å². The first kappa shape index (κ1) is 20.6. The summed E-state index contributed by atoms with van der Waals surface area (Å²) in [6, 6.07) is 5.20. The van der Waals surface area contributed by atoms with E-state index in [-0.39, 0.29) is 28.9 Å². The van der Waals surface area contributed by atoms with E-state index in [9.17, 15) is 22.4 Å². The lowest BCUT2D eigenvalue weighted by Crippen LogP contribution is -2.17.